The average Bonchev–Trinajstić information content (AvgIpc) is 3.11. The van der Waals surface area contributed by atoms with Gasteiger partial charge in [0.05, 0.1) is 6.42 Å². The van der Waals surface area contributed by atoms with Gasteiger partial charge in [0.25, 0.3) is 0 Å². The summed E-state index contributed by atoms with van der Waals surface area (Å²) in [5.74, 6) is 1.75. The average molecular weight is 276 g/mol. The van der Waals surface area contributed by atoms with Gasteiger partial charge < -0.3 is 14.6 Å². The van der Waals surface area contributed by atoms with Crippen LogP contribution in [0, 0.1) is 5.92 Å². The van der Waals surface area contributed by atoms with Gasteiger partial charge in [-0.05, 0) is 42.2 Å². The van der Waals surface area contributed by atoms with Crippen LogP contribution in [0.2, 0.25) is 0 Å². The van der Waals surface area contributed by atoms with Crippen LogP contribution in [0.1, 0.15) is 56.1 Å². The van der Waals surface area contributed by atoms with Crippen LogP contribution in [0.15, 0.2) is 12.1 Å². The Hall–Kier alpha value is -1.71. The zero-order chi connectivity index (χ0) is 14.3. The van der Waals surface area contributed by atoms with Gasteiger partial charge in [-0.3, -0.25) is 4.79 Å². The van der Waals surface area contributed by atoms with Crippen molar-refractivity contribution in [2.24, 2.45) is 5.92 Å². The minimum Gasteiger partial charge on any atom is -0.481 e. The number of fused-ring (bicyclic) bond motifs is 1. The number of carbonyl (C=O) groups is 1. The molecule has 20 heavy (non-hydrogen) atoms. The molecule has 3 rings (SSSR count). The Bertz CT molecular complexity index is 532. The van der Waals surface area contributed by atoms with Crippen LogP contribution in [0.4, 0.5) is 0 Å². The quantitative estimate of drug-likeness (QED) is 0.894. The highest BCUT2D eigenvalue weighted by atomic mass is 16.7. The predicted molar refractivity (Wildman–Crippen MR) is 74.4 cm³/mol. The van der Waals surface area contributed by atoms with Crippen LogP contribution in [-0.2, 0) is 4.79 Å². The van der Waals surface area contributed by atoms with Gasteiger partial charge in [-0.15, -0.1) is 0 Å². The monoisotopic (exact) mass is 276 g/mol. The van der Waals surface area contributed by atoms with Crippen LogP contribution >= 0.6 is 0 Å². The molecule has 1 fully saturated rings. The first-order chi connectivity index (χ1) is 9.58. The van der Waals surface area contributed by atoms with Crippen molar-refractivity contribution < 1.29 is 19.4 Å². The third-order valence-corrected chi connectivity index (χ3v) is 4.17. The highest BCUT2D eigenvalue weighted by molar-refractivity contribution is 5.69. The van der Waals surface area contributed by atoms with E-state index in [2.05, 4.69) is 13.8 Å². The topological polar surface area (TPSA) is 55.8 Å². The number of hydrogen-bond donors (Lipinski definition) is 1. The van der Waals surface area contributed by atoms with E-state index in [1.807, 2.05) is 12.1 Å². The zero-order valence-corrected chi connectivity index (χ0v) is 11.9. The van der Waals surface area contributed by atoms with Crippen molar-refractivity contribution in [2.75, 3.05) is 6.79 Å². The number of aliphatic carboxylic acids is 1. The summed E-state index contributed by atoms with van der Waals surface area (Å²) < 4.78 is 11.1. The molecule has 0 saturated heterocycles. The van der Waals surface area contributed by atoms with Gasteiger partial charge in [-0.1, -0.05) is 19.9 Å². The molecule has 0 spiro atoms. The molecule has 0 aromatic heterocycles. The molecule has 108 valence electrons. The van der Waals surface area contributed by atoms with Gasteiger partial charge >= 0.3 is 5.97 Å². The molecule has 1 aromatic rings. The van der Waals surface area contributed by atoms with Crippen molar-refractivity contribution in [3.63, 3.8) is 0 Å². The fraction of sp³-hybridized carbons (Fsp3) is 0.562. The number of rotatable bonds is 5. The van der Waals surface area contributed by atoms with E-state index < -0.39 is 5.97 Å². The van der Waals surface area contributed by atoms with Gasteiger partial charge in [-0.2, -0.15) is 0 Å². The van der Waals surface area contributed by atoms with E-state index >= 15 is 0 Å². The lowest BCUT2D eigenvalue weighted by molar-refractivity contribution is -0.137. The first-order valence-electron chi connectivity index (χ1n) is 7.22. The van der Waals surface area contributed by atoms with Crippen LogP contribution < -0.4 is 9.47 Å². The standard InChI is InChI=1S/C16H20O4/c1-9(2)15-11(5-6-13-16(15)20-8-19-13)12(7-14(17)18)10-3-4-10/h5-6,9-10,12H,3-4,7-8H2,1-2H3,(H,17,18). The van der Waals surface area contributed by atoms with E-state index in [0.717, 1.165) is 35.5 Å². The molecule has 1 aliphatic heterocycles. The second kappa shape index (κ2) is 5.00. The molecule has 1 N–H and O–H groups in total. The van der Waals surface area contributed by atoms with Crippen molar-refractivity contribution in [3.05, 3.63) is 23.3 Å². The second-order valence-electron chi connectivity index (χ2n) is 6.00. The van der Waals surface area contributed by atoms with E-state index in [1.165, 1.54) is 0 Å². The minimum atomic E-state index is -0.728. The SMILES string of the molecule is CC(C)c1c(C(CC(=O)O)C2CC2)ccc2c1OCO2. The molecule has 0 amide bonds. The number of carboxylic acid groups (broad SMARTS) is 1. The molecule has 1 aliphatic carbocycles. The van der Waals surface area contributed by atoms with E-state index in [4.69, 9.17) is 9.47 Å². The third-order valence-electron chi connectivity index (χ3n) is 4.17. The molecule has 0 radical (unpaired) electrons. The molecule has 0 bridgehead atoms. The van der Waals surface area contributed by atoms with Gasteiger partial charge in [0.1, 0.15) is 0 Å². The maximum Gasteiger partial charge on any atom is 0.303 e. The van der Waals surface area contributed by atoms with E-state index in [0.29, 0.717) is 5.92 Å². The van der Waals surface area contributed by atoms with Crippen molar-refractivity contribution >= 4 is 5.97 Å². The van der Waals surface area contributed by atoms with Crippen molar-refractivity contribution in [1.82, 2.24) is 0 Å². The van der Waals surface area contributed by atoms with Crippen molar-refractivity contribution in [2.45, 2.75) is 44.9 Å². The highest BCUT2D eigenvalue weighted by Gasteiger charge is 2.37. The maximum absolute atomic E-state index is 11.2. The van der Waals surface area contributed by atoms with Crippen molar-refractivity contribution in [1.29, 1.82) is 0 Å². The van der Waals surface area contributed by atoms with Crippen LogP contribution in [-0.4, -0.2) is 17.9 Å². The Morgan fingerprint density at radius 2 is 2.10 bits per heavy atom. The Morgan fingerprint density at radius 1 is 1.35 bits per heavy atom. The minimum absolute atomic E-state index is 0.0967. The Balaban J connectivity index is 2.05. The van der Waals surface area contributed by atoms with E-state index in [9.17, 15) is 9.90 Å². The molecule has 4 heteroatoms. The summed E-state index contributed by atoms with van der Waals surface area (Å²) >= 11 is 0. The molecule has 1 saturated carbocycles. The van der Waals surface area contributed by atoms with Gasteiger partial charge in [0.15, 0.2) is 11.5 Å². The third kappa shape index (κ3) is 2.35. The smallest absolute Gasteiger partial charge is 0.303 e. The molecular weight excluding hydrogens is 256 g/mol. The Labute approximate surface area is 118 Å². The molecule has 2 aliphatic rings. The molecule has 1 heterocycles. The molecule has 1 aromatic carbocycles. The highest BCUT2D eigenvalue weighted by Crippen LogP contribution is 2.50. The zero-order valence-electron chi connectivity index (χ0n) is 11.9. The van der Waals surface area contributed by atoms with Crippen LogP contribution in [0.5, 0.6) is 11.5 Å². The van der Waals surface area contributed by atoms with Gasteiger partial charge in [0.2, 0.25) is 6.79 Å². The molecular formula is C16H20O4. The van der Waals surface area contributed by atoms with Gasteiger partial charge in [-0.25, -0.2) is 0 Å². The predicted octanol–water partition coefficient (Wildman–Crippen LogP) is 3.51. The van der Waals surface area contributed by atoms with Gasteiger partial charge in [0, 0.05) is 5.56 Å². The lowest BCUT2D eigenvalue weighted by atomic mass is 9.83. The summed E-state index contributed by atoms with van der Waals surface area (Å²) in [6.07, 6.45) is 2.46. The van der Waals surface area contributed by atoms with Crippen LogP contribution in [0.25, 0.3) is 0 Å². The molecule has 1 unspecified atom stereocenters. The summed E-state index contributed by atoms with van der Waals surface area (Å²) in [7, 11) is 0. The number of ether oxygens (including phenoxy) is 2. The lowest BCUT2D eigenvalue weighted by Gasteiger charge is -2.22. The van der Waals surface area contributed by atoms with E-state index in [-0.39, 0.29) is 25.0 Å². The summed E-state index contributed by atoms with van der Waals surface area (Å²) in [6.45, 7) is 4.49. The summed E-state index contributed by atoms with van der Waals surface area (Å²) in [4.78, 5) is 11.2. The largest absolute Gasteiger partial charge is 0.481 e. The fourth-order valence-corrected chi connectivity index (χ4v) is 3.15. The molecule has 1 atom stereocenters. The number of hydrogen-bond acceptors (Lipinski definition) is 3. The van der Waals surface area contributed by atoms with Crippen molar-refractivity contribution in [3.8, 4) is 11.5 Å². The summed E-state index contributed by atoms with van der Waals surface area (Å²) in [6, 6.07) is 3.95. The summed E-state index contributed by atoms with van der Waals surface area (Å²) in [5.41, 5.74) is 2.26. The fourth-order valence-electron chi connectivity index (χ4n) is 3.15. The first kappa shape index (κ1) is 13.3. The molecule has 4 nitrogen and oxygen atoms in total. The maximum atomic E-state index is 11.2. The normalized spacial score (nSPS) is 18.4. The second-order valence-corrected chi connectivity index (χ2v) is 6.00. The van der Waals surface area contributed by atoms with E-state index in [1.54, 1.807) is 0 Å². The Kier molecular flexibility index (Phi) is 3.32. The lowest BCUT2D eigenvalue weighted by Crippen LogP contribution is -2.12. The first-order valence-corrected chi connectivity index (χ1v) is 7.22. The number of benzene rings is 1. The number of carboxylic acids is 1. The van der Waals surface area contributed by atoms with Crippen LogP contribution in [0.3, 0.4) is 0 Å². The summed E-state index contributed by atoms with van der Waals surface area (Å²) in [5, 5.41) is 9.19. The Morgan fingerprint density at radius 3 is 2.70 bits per heavy atom.